The first kappa shape index (κ1) is 19.3. The second-order valence-corrected chi connectivity index (χ2v) is 5.71. The first-order chi connectivity index (χ1) is 12.4. The molecule has 2 aromatic carbocycles. The Balaban J connectivity index is 2.16. The maximum Gasteiger partial charge on any atom is 0.342 e. The van der Waals surface area contributed by atoms with E-state index in [4.69, 9.17) is 18.9 Å². The first-order valence-electron chi connectivity index (χ1n) is 7.98. The van der Waals surface area contributed by atoms with Crippen molar-refractivity contribution in [1.29, 1.82) is 0 Å². The third-order valence-corrected chi connectivity index (χ3v) is 4.09. The number of benzene rings is 2. The van der Waals surface area contributed by atoms with E-state index >= 15 is 0 Å². The molecular formula is C20H22O6. The summed E-state index contributed by atoms with van der Waals surface area (Å²) in [5.41, 5.74) is 2.75. The van der Waals surface area contributed by atoms with E-state index in [0.717, 1.165) is 11.1 Å². The molecule has 0 saturated heterocycles. The van der Waals surface area contributed by atoms with Crippen molar-refractivity contribution in [2.24, 2.45) is 0 Å². The fourth-order valence-electron chi connectivity index (χ4n) is 2.40. The quantitative estimate of drug-likeness (QED) is 0.558. The zero-order valence-corrected chi connectivity index (χ0v) is 15.5. The van der Waals surface area contributed by atoms with E-state index in [1.54, 1.807) is 12.1 Å². The van der Waals surface area contributed by atoms with Crippen LogP contribution in [0.5, 0.6) is 17.2 Å². The topological polar surface area (TPSA) is 71.1 Å². The lowest BCUT2D eigenvalue weighted by Gasteiger charge is -2.13. The van der Waals surface area contributed by atoms with Gasteiger partial charge in [0.15, 0.2) is 23.9 Å². The lowest BCUT2D eigenvalue weighted by molar-refractivity contribution is 0.0471. The van der Waals surface area contributed by atoms with Gasteiger partial charge in [0.1, 0.15) is 11.3 Å². The minimum absolute atomic E-state index is 0.151. The SMILES string of the molecule is COc1cc(OC)c(C(=O)OCC(=O)c2ccc(C)c(C)c2)cc1OC. The molecule has 0 aliphatic rings. The predicted octanol–water partition coefficient (Wildman–Crippen LogP) is 3.37. The van der Waals surface area contributed by atoms with Crippen LogP contribution in [0.2, 0.25) is 0 Å². The number of hydrogen-bond acceptors (Lipinski definition) is 6. The first-order valence-corrected chi connectivity index (χ1v) is 7.98. The maximum atomic E-state index is 12.4. The molecule has 0 saturated carbocycles. The summed E-state index contributed by atoms with van der Waals surface area (Å²) < 4.78 is 20.7. The lowest BCUT2D eigenvalue weighted by atomic mass is 10.0. The molecule has 138 valence electrons. The van der Waals surface area contributed by atoms with Gasteiger partial charge in [0.2, 0.25) is 0 Å². The van der Waals surface area contributed by atoms with Crippen molar-refractivity contribution in [3.8, 4) is 17.2 Å². The van der Waals surface area contributed by atoms with Crippen molar-refractivity contribution in [3.63, 3.8) is 0 Å². The summed E-state index contributed by atoms with van der Waals surface area (Å²) in [4.78, 5) is 24.7. The molecule has 0 bridgehead atoms. The predicted molar refractivity (Wildman–Crippen MR) is 96.6 cm³/mol. The molecule has 2 rings (SSSR count). The Labute approximate surface area is 152 Å². The van der Waals surface area contributed by atoms with E-state index in [2.05, 4.69) is 0 Å². The average Bonchev–Trinajstić information content (AvgIpc) is 2.66. The van der Waals surface area contributed by atoms with Crippen molar-refractivity contribution in [2.75, 3.05) is 27.9 Å². The molecule has 0 aromatic heterocycles. The van der Waals surface area contributed by atoms with Crippen LogP contribution in [0.3, 0.4) is 0 Å². The Morgan fingerprint density at radius 3 is 2.00 bits per heavy atom. The van der Waals surface area contributed by atoms with E-state index in [0.29, 0.717) is 17.1 Å². The molecule has 26 heavy (non-hydrogen) atoms. The fraction of sp³-hybridized carbons (Fsp3) is 0.300. The van der Waals surface area contributed by atoms with Gasteiger partial charge in [0.25, 0.3) is 0 Å². The van der Waals surface area contributed by atoms with Crippen molar-refractivity contribution < 1.29 is 28.5 Å². The Morgan fingerprint density at radius 2 is 1.42 bits per heavy atom. The summed E-state index contributed by atoms with van der Waals surface area (Å²) in [6.45, 7) is 3.53. The molecule has 0 aliphatic carbocycles. The number of ketones is 1. The third-order valence-electron chi connectivity index (χ3n) is 4.09. The van der Waals surface area contributed by atoms with Crippen LogP contribution < -0.4 is 14.2 Å². The van der Waals surface area contributed by atoms with Crippen LogP contribution in [0.15, 0.2) is 30.3 Å². The summed E-state index contributed by atoms with van der Waals surface area (Å²) in [5, 5.41) is 0. The van der Waals surface area contributed by atoms with E-state index in [-0.39, 0.29) is 23.7 Å². The fourth-order valence-corrected chi connectivity index (χ4v) is 2.40. The van der Waals surface area contributed by atoms with Gasteiger partial charge in [-0.25, -0.2) is 4.79 Å². The van der Waals surface area contributed by atoms with Gasteiger partial charge in [0, 0.05) is 17.7 Å². The largest absolute Gasteiger partial charge is 0.496 e. The molecule has 0 N–H and O–H groups in total. The van der Waals surface area contributed by atoms with Gasteiger partial charge >= 0.3 is 5.97 Å². The molecule has 0 atom stereocenters. The second kappa shape index (κ2) is 8.38. The Morgan fingerprint density at radius 1 is 0.808 bits per heavy atom. The number of carbonyl (C=O) groups excluding carboxylic acids is 2. The molecule has 0 spiro atoms. The van der Waals surface area contributed by atoms with Crippen LogP contribution in [0.25, 0.3) is 0 Å². The summed E-state index contributed by atoms with van der Waals surface area (Å²) in [5.74, 6) is 0.0972. The van der Waals surface area contributed by atoms with Gasteiger partial charge in [-0.3, -0.25) is 4.79 Å². The highest BCUT2D eigenvalue weighted by molar-refractivity contribution is 6.00. The number of esters is 1. The van der Waals surface area contributed by atoms with E-state index < -0.39 is 5.97 Å². The van der Waals surface area contributed by atoms with Gasteiger partial charge in [-0.2, -0.15) is 0 Å². The lowest BCUT2D eigenvalue weighted by Crippen LogP contribution is -2.15. The number of ether oxygens (including phenoxy) is 4. The second-order valence-electron chi connectivity index (χ2n) is 5.71. The average molecular weight is 358 g/mol. The highest BCUT2D eigenvalue weighted by atomic mass is 16.5. The molecule has 0 amide bonds. The zero-order valence-electron chi connectivity index (χ0n) is 15.5. The van der Waals surface area contributed by atoms with Crippen molar-refractivity contribution in [1.82, 2.24) is 0 Å². The Kier molecular flexibility index (Phi) is 6.22. The molecule has 6 nitrogen and oxygen atoms in total. The number of hydrogen-bond donors (Lipinski definition) is 0. The highest BCUT2D eigenvalue weighted by Crippen LogP contribution is 2.34. The monoisotopic (exact) mass is 358 g/mol. The summed E-state index contributed by atoms with van der Waals surface area (Å²) in [6, 6.07) is 8.35. The molecule has 0 aliphatic heterocycles. The molecule has 0 radical (unpaired) electrons. The molecule has 0 heterocycles. The number of aryl methyl sites for hydroxylation is 2. The number of Topliss-reactive ketones (excluding diaryl/α,β-unsaturated/α-hetero) is 1. The van der Waals surface area contributed by atoms with Crippen LogP contribution in [-0.2, 0) is 4.74 Å². The molecule has 0 unspecified atom stereocenters. The van der Waals surface area contributed by atoms with Gasteiger partial charge in [0.05, 0.1) is 21.3 Å². The summed E-state index contributed by atoms with van der Waals surface area (Å²) in [7, 11) is 4.37. The number of methoxy groups -OCH3 is 3. The van der Waals surface area contributed by atoms with Crippen LogP contribution >= 0.6 is 0 Å². The smallest absolute Gasteiger partial charge is 0.342 e. The van der Waals surface area contributed by atoms with Gasteiger partial charge in [-0.15, -0.1) is 0 Å². The van der Waals surface area contributed by atoms with Crippen LogP contribution in [0.1, 0.15) is 31.8 Å². The maximum absolute atomic E-state index is 12.4. The Bertz CT molecular complexity index is 825. The van der Waals surface area contributed by atoms with Crippen molar-refractivity contribution in [3.05, 3.63) is 52.6 Å². The van der Waals surface area contributed by atoms with Crippen molar-refractivity contribution >= 4 is 11.8 Å². The molecular weight excluding hydrogens is 336 g/mol. The highest BCUT2D eigenvalue weighted by Gasteiger charge is 2.20. The summed E-state index contributed by atoms with van der Waals surface area (Å²) >= 11 is 0. The Hall–Kier alpha value is -3.02. The van der Waals surface area contributed by atoms with E-state index in [1.807, 2.05) is 19.9 Å². The van der Waals surface area contributed by atoms with E-state index in [9.17, 15) is 9.59 Å². The number of carbonyl (C=O) groups is 2. The summed E-state index contributed by atoms with van der Waals surface area (Å²) in [6.07, 6.45) is 0. The minimum Gasteiger partial charge on any atom is -0.496 e. The minimum atomic E-state index is -0.681. The van der Waals surface area contributed by atoms with Crippen LogP contribution in [0.4, 0.5) is 0 Å². The number of rotatable bonds is 7. The van der Waals surface area contributed by atoms with Crippen molar-refractivity contribution in [2.45, 2.75) is 13.8 Å². The molecule has 2 aromatic rings. The molecule has 0 fully saturated rings. The third kappa shape index (κ3) is 4.14. The van der Waals surface area contributed by atoms with Crippen LogP contribution in [-0.4, -0.2) is 39.7 Å². The normalized spacial score (nSPS) is 10.2. The van der Waals surface area contributed by atoms with Gasteiger partial charge < -0.3 is 18.9 Å². The van der Waals surface area contributed by atoms with E-state index in [1.165, 1.54) is 33.5 Å². The van der Waals surface area contributed by atoms with Gasteiger partial charge in [-0.1, -0.05) is 12.1 Å². The standard InChI is InChI=1S/C20H22O6/c1-12-6-7-14(8-13(12)2)16(21)11-26-20(22)15-9-18(24-4)19(25-5)10-17(15)23-3/h6-10H,11H2,1-5H3. The zero-order chi connectivity index (χ0) is 19.3. The van der Waals surface area contributed by atoms with Gasteiger partial charge in [-0.05, 0) is 31.0 Å². The van der Waals surface area contributed by atoms with Crippen LogP contribution in [0, 0.1) is 13.8 Å². The molecule has 6 heteroatoms.